The van der Waals surface area contributed by atoms with Gasteiger partial charge in [0, 0.05) is 24.9 Å². The van der Waals surface area contributed by atoms with Crippen LogP contribution in [0.1, 0.15) is 52.2 Å². The van der Waals surface area contributed by atoms with Gasteiger partial charge in [0.25, 0.3) is 0 Å². The molecule has 0 spiro atoms. The minimum Gasteiger partial charge on any atom is -0.505 e. The number of ether oxygens (including phenoxy) is 1. The Hall–Kier alpha value is -4.34. The molecule has 1 aromatic heterocycles. The number of halogens is 1. The SMILES string of the molecule is CC(C)COc1ccccc1CCCNC(=O)[C@H](Cn1cccc1)NC(=O)[C@H](NC(=O)[C@H](C)Cc1ccc(O)c(F)c1)C(C)C. The highest BCUT2D eigenvalue weighted by Gasteiger charge is 2.30. The molecule has 4 N–H and O–H groups in total. The molecule has 3 rings (SSSR count). The van der Waals surface area contributed by atoms with E-state index in [0.717, 1.165) is 17.7 Å². The second kappa shape index (κ2) is 17.2. The van der Waals surface area contributed by atoms with Crippen LogP contribution in [0.5, 0.6) is 11.5 Å². The van der Waals surface area contributed by atoms with Gasteiger partial charge in [0.15, 0.2) is 11.6 Å². The largest absolute Gasteiger partial charge is 0.505 e. The molecule has 9 nitrogen and oxygen atoms in total. The highest BCUT2D eigenvalue weighted by atomic mass is 19.1. The zero-order valence-electron chi connectivity index (χ0n) is 26.9. The number of carbonyl (C=O) groups is 3. The van der Waals surface area contributed by atoms with Crippen molar-refractivity contribution in [3.8, 4) is 11.5 Å². The number of benzene rings is 2. The summed E-state index contributed by atoms with van der Waals surface area (Å²) >= 11 is 0. The normalized spacial score (nSPS) is 13.2. The molecule has 0 fully saturated rings. The van der Waals surface area contributed by atoms with E-state index < -0.39 is 35.5 Å². The Kier molecular flexibility index (Phi) is 13.5. The first-order chi connectivity index (χ1) is 21.4. The van der Waals surface area contributed by atoms with Crippen molar-refractivity contribution >= 4 is 17.7 Å². The van der Waals surface area contributed by atoms with Crippen molar-refractivity contribution in [3.63, 3.8) is 0 Å². The predicted octanol–water partition coefficient (Wildman–Crippen LogP) is 4.62. The molecule has 0 unspecified atom stereocenters. The molecule has 0 bridgehead atoms. The maximum Gasteiger partial charge on any atom is 0.244 e. The highest BCUT2D eigenvalue weighted by Crippen LogP contribution is 2.21. The van der Waals surface area contributed by atoms with Crippen LogP contribution < -0.4 is 20.7 Å². The Morgan fingerprint density at radius 2 is 1.62 bits per heavy atom. The molecule has 1 heterocycles. The van der Waals surface area contributed by atoms with Crippen molar-refractivity contribution in [2.45, 2.75) is 72.5 Å². The summed E-state index contributed by atoms with van der Waals surface area (Å²) in [6.07, 6.45) is 5.26. The number of nitrogens with one attached hydrogen (secondary N) is 3. The Bertz CT molecular complexity index is 1390. The van der Waals surface area contributed by atoms with Crippen molar-refractivity contribution in [2.24, 2.45) is 17.8 Å². The first-order valence-electron chi connectivity index (χ1n) is 15.6. The monoisotopic (exact) mass is 622 g/mol. The van der Waals surface area contributed by atoms with Gasteiger partial charge in [-0.15, -0.1) is 0 Å². The lowest BCUT2D eigenvalue weighted by Crippen LogP contribution is -2.57. The van der Waals surface area contributed by atoms with Crippen LogP contribution in [0, 0.1) is 23.6 Å². The third-order valence-electron chi connectivity index (χ3n) is 7.41. The van der Waals surface area contributed by atoms with Gasteiger partial charge in [0.05, 0.1) is 13.2 Å². The molecular weight excluding hydrogens is 575 g/mol. The lowest BCUT2D eigenvalue weighted by Gasteiger charge is -2.26. The fourth-order valence-electron chi connectivity index (χ4n) is 4.83. The van der Waals surface area contributed by atoms with Crippen molar-refractivity contribution in [1.29, 1.82) is 0 Å². The molecule has 0 radical (unpaired) electrons. The summed E-state index contributed by atoms with van der Waals surface area (Å²) in [6.45, 7) is 10.8. The summed E-state index contributed by atoms with van der Waals surface area (Å²) in [6, 6.07) is 13.8. The summed E-state index contributed by atoms with van der Waals surface area (Å²) in [5.74, 6) is -1.95. The number of phenolic OH excluding ortho intramolecular Hbond substituents is 1. The predicted molar refractivity (Wildman–Crippen MR) is 172 cm³/mol. The average molecular weight is 623 g/mol. The van der Waals surface area contributed by atoms with E-state index >= 15 is 0 Å². The van der Waals surface area contributed by atoms with Crippen molar-refractivity contribution in [1.82, 2.24) is 20.5 Å². The number of hydrogen-bond acceptors (Lipinski definition) is 5. The topological polar surface area (TPSA) is 122 Å². The van der Waals surface area contributed by atoms with Crippen LogP contribution in [-0.2, 0) is 33.8 Å². The van der Waals surface area contributed by atoms with E-state index in [4.69, 9.17) is 4.74 Å². The molecule has 45 heavy (non-hydrogen) atoms. The first-order valence-corrected chi connectivity index (χ1v) is 15.6. The summed E-state index contributed by atoms with van der Waals surface area (Å²) in [5.41, 5.74) is 1.62. The zero-order valence-corrected chi connectivity index (χ0v) is 26.9. The van der Waals surface area contributed by atoms with Crippen LogP contribution >= 0.6 is 0 Å². The number of nitrogens with zero attached hydrogens (tertiary/aromatic N) is 1. The summed E-state index contributed by atoms with van der Waals surface area (Å²) in [5, 5.41) is 18.1. The highest BCUT2D eigenvalue weighted by molar-refractivity contribution is 5.92. The van der Waals surface area contributed by atoms with Gasteiger partial charge >= 0.3 is 0 Å². The second-order valence-electron chi connectivity index (χ2n) is 12.3. The molecule has 3 amide bonds. The molecular formula is C35H47FN4O5. The Morgan fingerprint density at radius 1 is 0.911 bits per heavy atom. The molecule has 3 aromatic rings. The molecule has 10 heteroatoms. The number of aromatic nitrogens is 1. The molecule has 244 valence electrons. The standard InChI is InChI=1S/C35H47FN4O5/c1-23(2)22-45-31-13-7-6-11-27(31)12-10-16-37-34(43)29(21-40-17-8-9-18-40)38-35(44)32(24(3)4)39-33(42)25(5)19-26-14-15-30(41)28(36)20-26/h6-9,11,13-15,17-18,20,23-25,29,32,41H,10,12,16,19,21-22H2,1-5H3,(H,37,43)(H,38,44)(H,39,42)/t25-,29+,32-/m1/s1. The van der Waals surface area contributed by atoms with Crippen LogP contribution in [-0.4, -0.2) is 52.6 Å². The molecule has 0 saturated heterocycles. The number of para-hydroxylation sites is 1. The maximum absolute atomic E-state index is 13.8. The van der Waals surface area contributed by atoms with Crippen LogP contribution in [0.3, 0.4) is 0 Å². The van der Waals surface area contributed by atoms with E-state index in [-0.39, 0.29) is 30.7 Å². The van der Waals surface area contributed by atoms with Gasteiger partial charge in [-0.05, 0) is 72.6 Å². The van der Waals surface area contributed by atoms with Crippen molar-refractivity contribution in [2.75, 3.05) is 13.2 Å². The second-order valence-corrected chi connectivity index (χ2v) is 12.3. The number of amides is 3. The van der Waals surface area contributed by atoms with E-state index in [2.05, 4.69) is 29.8 Å². The smallest absolute Gasteiger partial charge is 0.244 e. The number of carbonyl (C=O) groups excluding carboxylic acids is 3. The quantitative estimate of drug-likeness (QED) is 0.164. The van der Waals surface area contributed by atoms with E-state index in [1.165, 1.54) is 12.1 Å². The molecule has 0 saturated carbocycles. The Labute approximate surface area is 265 Å². The summed E-state index contributed by atoms with van der Waals surface area (Å²) < 4.78 is 21.5. The van der Waals surface area contributed by atoms with E-state index in [9.17, 15) is 23.9 Å². The number of phenols is 1. The van der Waals surface area contributed by atoms with Crippen molar-refractivity contribution in [3.05, 3.63) is 83.9 Å². The Morgan fingerprint density at radius 3 is 2.29 bits per heavy atom. The van der Waals surface area contributed by atoms with Crippen LogP contribution in [0.4, 0.5) is 4.39 Å². The van der Waals surface area contributed by atoms with Gasteiger partial charge in [-0.2, -0.15) is 0 Å². The lowest BCUT2D eigenvalue weighted by molar-refractivity contribution is -0.134. The zero-order chi connectivity index (χ0) is 32.9. The van der Waals surface area contributed by atoms with Gasteiger partial charge in [-0.25, -0.2) is 4.39 Å². The summed E-state index contributed by atoms with van der Waals surface area (Å²) in [4.78, 5) is 39.9. The minimum atomic E-state index is -0.890. The van der Waals surface area contributed by atoms with Gasteiger partial charge < -0.3 is 30.4 Å². The number of rotatable bonds is 17. The number of aryl methyl sites for hydroxylation is 1. The van der Waals surface area contributed by atoms with Gasteiger partial charge in [0.2, 0.25) is 17.7 Å². The third kappa shape index (κ3) is 11.3. The summed E-state index contributed by atoms with van der Waals surface area (Å²) in [7, 11) is 0. The van der Waals surface area contributed by atoms with E-state index in [1.807, 2.05) is 67.2 Å². The lowest BCUT2D eigenvalue weighted by atomic mass is 9.97. The van der Waals surface area contributed by atoms with Gasteiger partial charge in [-0.3, -0.25) is 14.4 Å². The molecule has 3 atom stereocenters. The number of hydrogen-bond donors (Lipinski definition) is 4. The minimum absolute atomic E-state index is 0.220. The first kappa shape index (κ1) is 35.1. The van der Waals surface area contributed by atoms with Gasteiger partial charge in [-0.1, -0.05) is 58.9 Å². The van der Waals surface area contributed by atoms with E-state index in [1.54, 1.807) is 13.0 Å². The maximum atomic E-state index is 13.8. The molecule has 0 aliphatic rings. The molecule has 0 aliphatic heterocycles. The van der Waals surface area contributed by atoms with Crippen LogP contribution in [0.2, 0.25) is 0 Å². The van der Waals surface area contributed by atoms with E-state index in [0.29, 0.717) is 31.1 Å². The fraction of sp³-hybridized carbons (Fsp3) is 0.457. The molecule has 2 aromatic carbocycles. The average Bonchev–Trinajstić information content (AvgIpc) is 3.51. The third-order valence-corrected chi connectivity index (χ3v) is 7.41. The molecule has 0 aliphatic carbocycles. The number of aromatic hydroxyl groups is 1. The van der Waals surface area contributed by atoms with Crippen LogP contribution in [0.25, 0.3) is 0 Å². The van der Waals surface area contributed by atoms with Gasteiger partial charge in [0.1, 0.15) is 17.8 Å². The fourth-order valence-corrected chi connectivity index (χ4v) is 4.83. The van der Waals surface area contributed by atoms with Crippen LogP contribution in [0.15, 0.2) is 67.0 Å². The Balaban J connectivity index is 1.60. The van der Waals surface area contributed by atoms with Crippen molar-refractivity contribution < 1.29 is 28.6 Å².